The molecule has 6 nitrogen and oxygen atoms in total. The van der Waals surface area contributed by atoms with Gasteiger partial charge >= 0.3 is 0 Å². The Balaban J connectivity index is 1.62. The number of carbonyl (C=O) groups excluding carboxylic acids is 1. The average Bonchev–Trinajstić information content (AvgIpc) is 3.22. The smallest absolute Gasteiger partial charge is 0.233 e. The molecule has 1 aliphatic rings. The lowest BCUT2D eigenvalue weighted by Crippen LogP contribution is -2.46. The summed E-state index contributed by atoms with van der Waals surface area (Å²) in [5.41, 5.74) is 0. The van der Waals surface area contributed by atoms with Crippen molar-refractivity contribution in [2.24, 2.45) is 11.8 Å². The molecule has 0 aromatic carbocycles. The largest absolute Gasteiger partial charge is 0.352 e. The molecule has 1 amide bonds. The number of rotatable bonds is 5. The minimum absolute atomic E-state index is 0.0385. The SMILES string of the molecule is C[C@@H]1[C@H](C)CCC[C@H]1NC(=O)[C@@H](C)Sc1nnc(-c2cccs2)n1N. The van der Waals surface area contributed by atoms with Crippen LogP contribution in [0.25, 0.3) is 10.7 Å². The summed E-state index contributed by atoms with van der Waals surface area (Å²) < 4.78 is 1.46. The van der Waals surface area contributed by atoms with Crippen LogP contribution in [0.5, 0.6) is 0 Å². The number of nitrogens with one attached hydrogen (secondary N) is 1. The molecule has 2 aromatic heterocycles. The number of nitrogens with two attached hydrogens (primary N) is 1. The highest BCUT2D eigenvalue weighted by Gasteiger charge is 2.30. The number of amides is 1. The Morgan fingerprint density at radius 2 is 2.24 bits per heavy atom. The minimum Gasteiger partial charge on any atom is -0.352 e. The van der Waals surface area contributed by atoms with Gasteiger partial charge in [0.15, 0.2) is 5.82 Å². The second-order valence-electron chi connectivity index (χ2n) is 6.80. The van der Waals surface area contributed by atoms with Crippen molar-refractivity contribution < 1.29 is 4.79 Å². The van der Waals surface area contributed by atoms with E-state index in [-0.39, 0.29) is 17.2 Å². The summed E-state index contributed by atoms with van der Waals surface area (Å²) in [6.07, 6.45) is 3.49. The van der Waals surface area contributed by atoms with Crippen molar-refractivity contribution in [2.45, 2.75) is 56.5 Å². The summed E-state index contributed by atoms with van der Waals surface area (Å²) in [4.78, 5) is 13.5. The molecule has 136 valence electrons. The van der Waals surface area contributed by atoms with E-state index in [9.17, 15) is 4.79 Å². The van der Waals surface area contributed by atoms with Gasteiger partial charge in [0.1, 0.15) is 0 Å². The topological polar surface area (TPSA) is 85.8 Å². The maximum Gasteiger partial charge on any atom is 0.233 e. The zero-order valence-electron chi connectivity index (χ0n) is 14.8. The van der Waals surface area contributed by atoms with Crippen molar-refractivity contribution in [3.05, 3.63) is 17.5 Å². The fourth-order valence-electron chi connectivity index (χ4n) is 3.23. The summed E-state index contributed by atoms with van der Waals surface area (Å²) >= 11 is 2.90. The van der Waals surface area contributed by atoms with E-state index in [1.54, 1.807) is 11.3 Å². The zero-order chi connectivity index (χ0) is 18.0. The lowest BCUT2D eigenvalue weighted by molar-refractivity contribution is -0.121. The number of carbonyl (C=O) groups is 1. The molecule has 0 saturated heterocycles. The van der Waals surface area contributed by atoms with Crippen LogP contribution in [0.4, 0.5) is 0 Å². The molecule has 3 rings (SSSR count). The number of aromatic nitrogens is 3. The fourth-order valence-corrected chi connectivity index (χ4v) is 4.71. The van der Waals surface area contributed by atoms with Crippen LogP contribution in [0.1, 0.15) is 40.0 Å². The fraction of sp³-hybridized carbons (Fsp3) is 0.588. The Hall–Kier alpha value is -1.54. The van der Waals surface area contributed by atoms with Gasteiger partial charge in [-0.1, -0.05) is 44.5 Å². The van der Waals surface area contributed by atoms with E-state index in [2.05, 4.69) is 29.4 Å². The van der Waals surface area contributed by atoms with Gasteiger partial charge in [0.05, 0.1) is 10.1 Å². The summed E-state index contributed by atoms with van der Waals surface area (Å²) in [6, 6.07) is 4.16. The minimum atomic E-state index is -0.271. The van der Waals surface area contributed by atoms with Crippen molar-refractivity contribution in [3.63, 3.8) is 0 Å². The van der Waals surface area contributed by atoms with Gasteiger partial charge in [-0.15, -0.1) is 21.5 Å². The van der Waals surface area contributed by atoms with Crippen LogP contribution >= 0.6 is 23.1 Å². The third-order valence-electron chi connectivity index (χ3n) is 5.09. The third kappa shape index (κ3) is 4.00. The molecular formula is C17H25N5OS2. The quantitative estimate of drug-likeness (QED) is 0.616. The van der Waals surface area contributed by atoms with Crippen LogP contribution in [0, 0.1) is 11.8 Å². The first-order valence-electron chi connectivity index (χ1n) is 8.68. The van der Waals surface area contributed by atoms with Gasteiger partial charge < -0.3 is 11.2 Å². The first-order valence-corrected chi connectivity index (χ1v) is 10.4. The zero-order valence-corrected chi connectivity index (χ0v) is 16.4. The van der Waals surface area contributed by atoms with E-state index >= 15 is 0 Å². The number of thiophene rings is 1. The Morgan fingerprint density at radius 1 is 1.44 bits per heavy atom. The van der Waals surface area contributed by atoms with E-state index in [1.165, 1.54) is 29.3 Å². The molecule has 0 bridgehead atoms. The van der Waals surface area contributed by atoms with Crippen LogP contribution in [0.3, 0.4) is 0 Å². The van der Waals surface area contributed by atoms with Gasteiger partial charge in [0.2, 0.25) is 11.1 Å². The van der Waals surface area contributed by atoms with Gasteiger partial charge in [0.25, 0.3) is 0 Å². The van der Waals surface area contributed by atoms with E-state index in [0.29, 0.717) is 22.8 Å². The summed E-state index contributed by atoms with van der Waals surface area (Å²) in [7, 11) is 0. The predicted molar refractivity (Wildman–Crippen MR) is 103 cm³/mol. The summed E-state index contributed by atoms with van der Waals surface area (Å²) in [5, 5.41) is 13.8. The summed E-state index contributed by atoms with van der Waals surface area (Å²) in [6.45, 7) is 6.39. The van der Waals surface area contributed by atoms with Gasteiger partial charge in [-0.2, -0.15) is 0 Å². The second-order valence-corrected chi connectivity index (χ2v) is 9.05. The highest BCUT2D eigenvalue weighted by Crippen LogP contribution is 2.31. The molecule has 2 aromatic rings. The van der Waals surface area contributed by atoms with E-state index < -0.39 is 0 Å². The Labute approximate surface area is 156 Å². The normalized spacial score (nSPS) is 24.8. The first kappa shape index (κ1) is 18.3. The standard InChI is InChI=1S/C17H25N5OS2/c1-10-6-4-7-13(11(10)2)19-16(23)12(3)25-17-21-20-15(22(17)18)14-8-5-9-24-14/h5,8-13H,4,6-7,18H2,1-3H3,(H,19,23)/t10-,11-,12-,13-/m1/s1. The molecule has 3 N–H and O–H groups in total. The predicted octanol–water partition coefficient (Wildman–Crippen LogP) is 3.14. The highest BCUT2D eigenvalue weighted by molar-refractivity contribution is 8.00. The van der Waals surface area contributed by atoms with E-state index in [4.69, 9.17) is 5.84 Å². The van der Waals surface area contributed by atoms with Gasteiger partial charge in [-0.3, -0.25) is 4.79 Å². The van der Waals surface area contributed by atoms with Gasteiger partial charge in [-0.25, -0.2) is 4.68 Å². The van der Waals surface area contributed by atoms with Crippen molar-refractivity contribution in [2.75, 3.05) is 5.84 Å². The van der Waals surface area contributed by atoms with E-state index in [1.807, 2.05) is 24.4 Å². The van der Waals surface area contributed by atoms with Crippen LogP contribution in [0.15, 0.2) is 22.7 Å². The Morgan fingerprint density at radius 3 is 2.96 bits per heavy atom. The molecule has 4 atom stereocenters. The maximum atomic E-state index is 12.6. The number of nitrogens with zero attached hydrogens (tertiary/aromatic N) is 3. The van der Waals surface area contributed by atoms with E-state index in [0.717, 1.165) is 11.3 Å². The van der Waals surface area contributed by atoms with Gasteiger partial charge in [-0.05, 0) is 36.6 Å². The monoisotopic (exact) mass is 379 g/mol. The molecule has 25 heavy (non-hydrogen) atoms. The number of hydrogen-bond acceptors (Lipinski definition) is 6. The van der Waals surface area contributed by atoms with Crippen LogP contribution in [0.2, 0.25) is 0 Å². The summed E-state index contributed by atoms with van der Waals surface area (Å²) in [5.74, 6) is 7.94. The molecule has 1 aliphatic carbocycles. The first-order chi connectivity index (χ1) is 12.0. The van der Waals surface area contributed by atoms with Crippen LogP contribution in [-0.4, -0.2) is 32.1 Å². The lowest BCUT2D eigenvalue weighted by atomic mass is 9.78. The molecular weight excluding hydrogens is 354 g/mol. The van der Waals surface area contributed by atoms with Crippen LogP contribution < -0.4 is 11.2 Å². The van der Waals surface area contributed by atoms with Crippen molar-refractivity contribution in [1.29, 1.82) is 0 Å². The molecule has 0 aliphatic heterocycles. The number of nitrogen functional groups attached to an aromatic ring is 1. The Kier molecular flexibility index (Phi) is 5.68. The van der Waals surface area contributed by atoms with Gasteiger partial charge in [0, 0.05) is 6.04 Å². The molecule has 0 spiro atoms. The average molecular weight is 380 g/mol. The molecule has 0 radical (unpaired) electrons. The maximum absolute atomic E-state index is 12.6. The number of hydrogen-bond donors (Lipinski definition) is 2. The molecule has 0 unspecified atom stereocenters. The Bertz CT molecular complexity index is 715. The third-order valence-corrected chi connectivity index (χ3v) is 7.01. The molecule has 8 heteroatoms. The van der Waals surface area contributed by atoms with Crippen LogP contribution in [-0.2, 0) is 4.79 Å². The number of thioether (sulfide) groups is 1. The molecule has 2 heterocycles. The molecule has 1 saturated carbocycles. The second kappa shape index (κ2) is 7.78. The highest BCUT2D eigenvalue weighted by atomic mass is 32.2. The van der Waals surface area contributed by atoms with Crippen molar-refractivity contribution >= 4 is 29.0 Å². The lowest BCUT2D eigenvalue weighted by Gasteiger charge is -2.35. The van der Waals surface area contributed by atoms with Crippen molar-refractivity contribution in [1.82, 2.24) is 20.2 Å². The molecule has 1 fully saturated rings. The van der Waals surface area contributed by atoms with Crippen molar-refractivity contribution in [3.8, 4) is 10.7 Å².